The Hall–Kier alpha value is -7.11. The van der Waals surface area contributed by atoms with Crippen molar-refractivity contribution in [2.75, 3.05) is 0 Å². The summed E-state index contributed by atoms with van der Waals surface area (Å²) in [5.41, 5.74) is 8.15. The van der Waals surface area contributed by atoms with Crippen LogP contribution in [0.4, 0.5) is 0 Å². The molecule has 11 rings (SSSR count). The first-order valence-electron chi connectivity index (χ1n) is 17.3. The summed E-state index contributed by atoms with van der Waals surface area (Å²) in [5.74, 6) is 1.71. The molecule has 0 amide bonds. The highest BCUT2D eigenvalue weighted by molar-refractivity contribution is 6.14. The molecule has 0 atom stereocenters. The molecule has 0 aliphatic rings. The number of hydrogen-bond acceptors (Lipinski definition) is 5. The maximum absolute atomic E-state index is 6.44. The molecule has 0 bridgehead atoms. The molecule has 0 spiro atoms. The lowest BCUT2D eigenvalue weighted by atomic mass is 9.93. The molecule has 0 aliphatic heterocycles. The fourth-order valence-electron chi connectivity index (χ4n) is 7.64. The van der Waals surface area contributed by atoms with E-state index in [-0.39, 0.29) is 0 Å². The molecule has 5 nitrogen and oxygen atoms in total. The molecule has 11 aromatic rings. The first-order chi connectivity index (χ1) is 25.7. The fourth-order valence-corrected chi connectivity index (χ4v) is 7.64. The van der Waals surface area contributed by atoms with Crippen LogP contribution in [0.1, 0.15) is 0 Å². The lowest BCUT2D eigenvalue weighted by Crippen LogP contribution is -2.00. The number of benzene rings is 8. The van der Waals surface area contributed by atoms with E-state index in [9.17, 15) is 0 Å². The van der Waals surface area contributed by atoms with Crippen molar-refractivity contribution in [3.63, 3.8) is 0 Å². The maximum Gasteiger partial charge on any atom is 0.167 e. The monoisotopic (exact) mass is 665 g/mol. The second kappa shape index (κ2) is 11.2. The average Bonchev–Trinajstić information content (AvgIpc) is 3.79. The van der Waals surface area contributed by atoms with E-state index < -0.39 is 0 Å². The molecule has 8 aromatic carbocycles. The quantitative estimate of drug-likeness (QED) is 0.175. The highest BCUT2D eigenvalue weighted by Gasteiger charge is 2.19. The minimum Gasteiger partial charge on any atom is -0.456 e. The van der Waals surface area contributed by atoms with Gasteiger partial charge < -0.3 is 8.83 Å². The second-order valence-electron chi connectivity index (χ2n) is 13.2. The Morgan fingerprint density at radius 3 is 1.73 bits per heavy atom. The molecule has 0 saturated heterocycles. The van der Waals surface area contributed by atoms with E-state index in [0.717, 1.165) is 66.1 Å². The van der Waals surface area contributed by atoms with Gasteiger partial charge in [0.2, 0.25) is 0 Å². The Balaban J connectivity index is 1.10. The first kappa shape index (κ1) is 28.7. The van der Waals surface area contributed by atoms with Crippen LogP contribution in [0.3, 0.4) is 0 Å². The summed E-state index contributed by atoms with van der Waals surface area (Å²) in [6.07, 6.45) is 0. The number of fused-ring (bicyclic) bond motifs is 9. The maximum atomic E-state index is 6.44. The van der Waals surface area contributed by atoms with Gasteiger partial charge in [0.05, 0.1) is 5.56 Å². The number of para-hydroxylation sites is 3. The Bertz CT molecular complexity index is 3190. The van der Waals surface area contributed by atoms with Crippen LogP contribution < -0.4 is 0 Å². The van der Waals surface area contributed by atoms with Gasteiger partial charge in [0.25, 0.3) is 0 Å². The van der Waals surface area contributed by atoms with Crippen LogP contribution in [-0.4, -0.2) is 15.0 Å². The molecular formula is C47H27N3O2. The number of aromatic nitrogens is 3. The van der Waals surface area contributed by atoms with E-state index in [0.29, 0.717) is 17.5 Å². The summed E-state index contributed by atoms with van der Waals surface area (Å²) in [6.45, 7) is 0. The zero-order valence-corrected chi connectivity index (χ0v) is 27.7. The fraction of sp³-hybridized carbons (Fsp3) is 0. The SMILES string of the molecule is c1ccc2c(c1)ccc1cccc(-c3ccc(-c4nc(-c5ccc6oc7ccccc7c6c5)nc(-c5cccc6c5oc5ccccc56)n4)cc3)c12. The van der Waals surface area contributed by atoms with Crippen LogP contribution in [0.2, 0.25) is 0 Å². The van der Waals surface area contributed by atoms with Crippen molar-refractivity contribution in [1.82, 2.24) is 15.0 Å². The third-order valence-corrected chi connectivity index (χ3v) is 10.1. The minimum absolute atomic E-state index is 0.548. The van der Waals surface area contributed by atoms with E-state index in [1.54, 1.807) is 0 Å². The van der Waals surface area contributed by atoms with Crippen LogP contribution >= 0.6 is 0 Å². The van der Waals surface area contributed by atoms with Gasteiger partial charge in [-0.15, -0.1) is 0 Å². The van der Waals surface area contributed by atoms with Gasteiger partial charge in [-0.2, -0.15) is 0 Å². The van der Waals surface area contributed by atoms with E-state index >= 15 is 0 Å². The van der Waals surface area contributed by atoms with Crippen molar-refractivity contribution in [3.05, 3.63) is 164 Å². The predicted octanol–water partition coefficient (Wildman–Crippen LogP) is 12.6. The first-order valence-corrected chi connectivity index (χ1v) is 17.3. The second-order valence-corrected chi connectivity index (χ2v) is 13.2. The molecule has 0 saturated carbocycles. The highest BCUT2D eigenvalue weighted by Crippen LogP contribution is 2.38. The average molecular weight is 666 g/mol. The van der Waals surface area contributed by atoms with Crippen molar-refractivity contribution in [1.29, 1.82) is 0 Å². The third kappa shape index (κ3) is 4.46. The lowest BCUT2D eigenvalue weighted by Gasteiger charge is -2.12. The van der Waals surface area contributed by atoms with Gasteiger partial charge in [0, 0.05) is 32.7 Å². The van der Waals surface area contributed by atoms with Crippen LogP contribution in [0.25, 0.3) is 111 Å². The standard InChI is InChI=1S/C47H27N3O2/c1-2-11-33-28(9-1)19-22-30-10-7-14-34(43(30)33)29-20-23-31(24-21-29)45-48-46(32-25-26-42-39(27-32)36-13-4-5-17-40(36)51-42)50-47(49-45)38-16-8-15-37-35-12-3-6-18-41(35)52-44(37)38/h1-27H. The van der Waals surface area contributed by atoms with E-state index in [2.05, 4.69) is 103 Å². The molecule has 52 heavy (non-hydrogen) atoms. The Labute approximate surface area is 297 Å². The van der Waals surface area contributed by atoms with Gasteiger partial charge in [-0.05, 0) is 69.1 Å². The van der Waals surface area contributed by atoms with E-state index in [4.69, 9.17) is 23.8 Å². The Morgan fingerprint density at radius 1 is 0.327 bits per heavy atom. The zero-order valence-electron chi connectivity index (χ0n) is 27.7. The van der Waals surface area contributed by atoms with Crippen molar-refractivity contribution >= 4 is 65.4 Å². The van der Waals surface area contributed by atoms with Crippen molar-refractivity contribution in [3.8, 4) is 45.3 Å². The molecule has 3 aromatic heterocycles. The molecule has 0 unspecified atom stereocenters. The van der Waals surface area contributed by atoms with Crippen molar-refractivity contribution in [2.45, 2.75) is 0 Å². The number of hydrogen-bond donors (Lipinski definition) is 0. The summed E-state index contributed by atoms with van der Waals surface area (Å²) in [5, 5.41) is 9.09. The number of rotatable bonds is 4. The van der Waals surface area contributed by atoms with Crippen molar-refractivity contribution < 1.29 is 8.83 Å². The third-order valence-electron chi connectivity index (χ3n) is 10.1. The van der Waals surface area contributed by atoms with Crippen LogP contribution in [0.15, 0.2) is 173 Å². The van der Waals surface area contributed by atoms with Gasteiger partial charge in [0.15, 0.2) is 17.5 Å². The molecule has 0 fully saturated rings. The molecule has 5 heteroatoms. The largest absolute Gasteiger partial charge is 0.456 e. The lowest BCUT2D eigenvalue weighted by molar-refractivity contribution is 0.669. The van der Waals surface area contributed by atoms with E-state index in [1.807, 2.05) is 60.7 Å². The van der Waals surface area contributed by atoms with Crippen LogP contribution in [0.5, 0.6) is 0 Å². The molecule has 3 heterocycles. The van der Waals surface area contributed by atoms with Crippen LogP contribution in [-0.2, 0) is 0 Å². The Morgan fingerprint density at radius 2 is 0.885 bits per heavy atom. The summed E-state index contributed by atoms with van der Waals surface area (Å²) in [4.78, 5) is 15.3. The molecule has 0 aliphatic carbocycles. The normalized spacial score (nSPS) is 11.8. The van der Waals surface area contributed by atoms with Gasteiger partial charge in [-0.25, -0.2) is 15.0 Å². The van der Waals surface area contributed by atoms with Crippen molar-refractivity contribution in [2.24, 2.45) is 0 Å². The van der Waals surface area contributed by atoms with Gasteiger partial charge >= 0.3 is 0 Å². The number of nitrogens with zero attached hydrogens (tertiary/aromatic N) is 3. The molecule has 0 radical (unpaired) electrons. The van der Waals surface area contributed by atoms with Gasteiger partial charge in [0.1, 0.15) is 22.3 Å². The van der Waals surface area contributed by atoms with Gasteiger partial charge in [-0.1, -0.05) is 127 Å². The summed E-state index contributed by atoms with van der Waals surface area (Å²) in [6, 6.07) is 56.5. The predicted molar refractivity (Wildman–Crippen MR) is 211 cm³/mol. The molecule has 0 N–H and O–H groups in total. The Kier molecular flexibility index (Phi) is 6.18. The molecule has 242 valence electrons. The minimum atomic E-state index is 0.548. The van der Waals surface area contributed by atoms with E-state index in [1.165, 1.54) is 27.1 Å². The van der Waals surface area contributed by atoms with Crippen LogP contribution in [0, 0.1) is 0 Å². The zero-order chi connectivity index (χ0) is 34.2. The number of furan rings is 2. The summed E-state index contributed by atoms with van der Waals surface area (Å²) < 4.78 is 12.6. The summed E-state index contributed by atoms with van der Waals surface area (Å²) >= 11 is 0. The van der Waals surface area contributed by atoms with Gasteiger partial charge in [-0.3, -0.25) is 0 Å². The summed E-state index contributed by atoms with van der Waals surface area (Å²) in [7, 11) is 0. The highest BCUT2D eigenvalue weighted by atomic mass is 16.3. The molecular weight excluding hydrogens is 639 g/mol. The topological polar surface area (TPSA) is 65.0 Å². The smallest absolute Gasteiger partial charge is 0.167 e.